The fourth-order valence-electron chi connectivity index (χ4n) is 1.54. The summed E-state index contributed by atoms with van der Waals surface area (Å²) in [4.78, 5) is 0.409. The number of nitrogens with two attached hydrogens (primary N) is 2. The van der Waals surface area contributed by atoms with Crippen molar-refractivity contribution in [3.05, 3.63) is 36.4 Å². The van der Waals surface area contributed by atoms with Crippen LogP contribution in [-0.2, 0) is 20.0 Å². The van der Waals surface area contributed by atoms with Crippen LogP contribution >= 0.6 is 11.3 Å². The van der Waals surface area contributed by atoms with E-state index in [4.69, 9.17) is 10.3 Å². The number of sulfonamides is 2. The molecular weight excluding hydrogens is 308 g/mol. The van der Waals surface area contributed by atoms with Crippen molar-refractivity contribution < 1.29 is 16.8 Å². The monoisotopic (exact) mass is 318 g/mol. The van der Waals surface area contributed by atoms with Gasteiger partial charge in [0.2, 0.25) is 20.0 Å². The first-order chi connectivity index (χ1) is 8.69. The Kier molecular flexibility index (Phi) is 3.49. The Bertz CT molecular complexity index is 822. The predicted octanol–water partition coefficient (Wildman–Crippen LogP) is 0.710. The second-order valence-corrected chi connectivity index (χ2v) is 8.11. The van der Waals surface area contributed by atoms with Crippen molar-refractivity contribution in [1.29, 1.82) is 0 Å². The Balaban J connectivity index is 2.64. The number of hydrogen-bond donors (Lipinski definition) is 2. The minimum atomic E-state index is -3.88. The summed E-state index contributed by atoms with van der Waals surface area (Å²) in [5.41, 5.74) is 0.352. The molecule has 0 bridgehead atoms. The first-order valence-electron chi connectivity index (χ1n) is 4.94. The minimum absolute atomic E-state index is 0.0354. The van der Waals surface area contributed by atoms with Crippen LogP contribution in [0, 0.1) is 0 Å². The third-order valence-corrected chi connectivity index (χ3v) is 5.85. The Morgan fingerprint density at radius 3 is 2.00 bits per heavy atom. The standard InChI is InChI=1S/C10H10N2O4S3/c11-18(13,14)9-4-2-1-3-7(9)8-5-6-10(17-8)19(12,15)16/h1-6H,(H2,11,13,14)(H2,12,15,16). The van der Waals surface area contributed by atoms with Gasteiger partial charge in [-0.15, -0.1) is 11.3 Å². The van der Waals surface area contributed by atoms with E-state index in [1.54, 1.807) is 12.1 Å². The van der Waals surface area contributed by atoms with Gasteiger partial charge < -0.3 is 0 Å². The second-order valence-electron chi connectivity index (χ2n) is 3.70. The predicted molar refractivity (Wildman–Crippen MR) is 72.5 cm³/mol. The number of hydrogen-bond acceptors (Lipinski definition) is 5. The third-order valence-electron chi connectivity index (χ3n) is 2.32. The molecule has 4 N–H and O–H groups in total. The average Bonchev–Trinajstić information content (AvgIpc) is 2.76. The topological polar surface area (TPSA) is 120 Å². The van der Waals surface area contributed by atoms with E-state index in [-0.39, 0.29) is 9.10 Å². The maximum absolute atomic E-state index is 11.5. The zero-order valence-corrected chi connectivity index (χ0v) is 11.9. The third kappa shape index (κ3) is 3.01. The maximum atomic E-state index is 11.5. The highest BCUT2D eigenvalue weighted by molar-refractivity contribution is 7.91. The van der Waals surface area contributed by atoms with Gasteiger partial charge in [0.15, 0.2) is 0 Å². The van der Waals surface area contributed by atoms with Crippen molar-refractivity contribution in [2.75, 3.05) is 0 Å². The largest absolute Gasteiger partial charge is 0.247 e. The maximum Gasteiger partial charge on any atom is 0.247 e. The highest BCUT2D eigenvalue weighted by Gasteiger charge is 2.18. The van der Waals surface area contributed by atoms with Crippen LogP contribution in [0.15, 0.2) is 45.5 Å². The molecule has 0 aliphatic heterocycles. The van der Waals surface area contributed by atoms with Gasteiger partial charge in [0.25, 0.3) is 0 Å². The van der Waals surface area contributed by atoms with Gasteiger partial charge in [-0.2, -0.15) is 0 Å². The van der Waals surface area contributed by atoms with Crippen LogP contribution < -0.4 is 10.3 Å². The molecule has 0 spiro atoms. The van der Waals surface area contributed by atoms with Crippen LogP contribution in [0.2, 0.25) is 0 Å². The SMILES string of the molecule is NS(=O)(=O)c1ccc(-c2ccccc2S(N)(=O)=O)s1. The molecule has 0 atom stereocenters. The first kappa shape index (κ1) is 14.2. The van der Waals surface area contributed by atoms with E-state index in [0.29, 0.717) is 10.4 Å². The van der Waals surface area contributed by atoms with E-state index in [0.717, 1.165) is 11.3 Å². The molecule has 0 amide bonds. The molecule has 0 aliphatic carbocycles. The average molecular weight is 318 g/mol. The smallest absolute Gasteiger partial charge is 0.225 e. The summed E-state index contributed by atoms with van der Waals surface area (Å²) in [6, 6.07) is 8.92. The van der Waals surface area contributed by atoms with E-state index in [1.165, 1.54) is 24.3 Å². The fraction of sp³-hybridized carbons (Fsp3) is 0. The first-order valence-corrected chi connectivity index (χ1v) is 8.85. The number of primary sulfonamides is 2. The minimum Gasteiger partial charge on any atom is -0.225 e. The van der Waals surface area contributed by atoms with Gasteiger partial charge in [-0.05, 0) is 18.2 Å². The molecule has 0 aliphatic rings. The molecule has 19 heavy (non-hydrogen) atoms. The van der Waals surface area contributed by atoms with Gasteiger partial charge in [-0.3, -0.25) is 0 Å². The van der Waals surface area contributed by atoms with Crippen molar-refractivity contribution in [1.82, 2.24) is 0 Å². The molecule has 1 heterocycles. The summed E-state index contributed by atoms with van der Waals surface area (Å²) < 4.78 is 45.3. The van der Waals surface area contributed by atoms with Crippen LogP contribution in [0.25, 0.3) is 10.4 Å². The fourth-order valence-corrected chi connectivity index (χ4v) is 4.12. The molecule has 0 radical (unpaired) electrons. The van der Waals surface area contributed by atoms with Gasteiger partial charge in [-0.25, -0.2) is 27.1 Å². The highest BCUT2D eigenvalue weighted by Crippen LogP contribution is 2.33. The molecule has 2 rings (SSSR count). The molecule has 0 fully saturated rings. The molecule has 1 aromatic carbocycles. The van der Waals surface area contributed by atoms with Crippen molar-refractivity contribution in [2.45, 2.75) is 9.10 Å². The van der Waals surface area contributed by atoms with Crippen LogP contribution in [0.3, 0.4) is 0 Å². The molecular formula is C10H10N2O4S3. The van der Waals surface area contributed by atoms with Crippen LogP contribution in [-0.4, -0.2) is 16.8 Å². The van der Waals surface area contributed by atoms with Gasteiger partial charge in [0, 0.05) is 10.4 Å². The summed E-state index contributed by atoms with van der Waals surface area (Å²) in [5, 5.41) is 10.1. The van der Waals surface area contributed by atoms with E-state index in [2.05, 4.69) is 0 Å². The van der Waals surface area contributed by atoms with Gasteiger partial charge in [0.1, 0.15) is 4.21 Å². The lowest BCUT2D eigenvalue weighted by Gasteiger charge is -2.04. The zero-order valence-electron chi connectivity index (χ0n) is 9.48. The number of rotatable bonds is 3. The van der Waals surface area contributed by atoms with Gasteiger partial charge in [0.05, 0.1) is 4.90 Å². The number of benzene rings is 1. The Morgan fingerprint density at radius 2 is 1.47 bits per heavy atom. The Labute approximate surface area is 114 Å². The van der Waals surface area contributed by atoms with Crippen LogP contribution in [0.5, 0.6) is 0 Å². The molecule has 0 saturated carbocycles. The molecule has 0 saturated heterocycles. The summed E-state index contributed by atoms with van der Waals surface area (Å²) >= 11 is 0.890. The van der Waals surface area contributed by atoms with Crippen molar-refractivity contribution in [3.63, 3.8) is 0 Å². The van der Waals surface area contributed by atoms with Crippen molar-refractivity contribution in [3.8, 4) is 10.4 Å². The summed E-state index contributed by atoms with van der Waals surface area (Å²) in [6.45, 7) is 0. The molecule has 102 valence electrons. The van der Waals surface area contributed by atoms with E-state index < -0.39 is 20.0 Å². The van der Waals surface area contributed by atoms with E-state index >= 15 is 0 Å². The van der Waals surface area contributed by atoms with Crippen LogP contribution in [0.1, 0.15) is 0 Å². The summed E-state index contributed by atoms with van der Waals surface area (Å²) in [5.74, 6) is 0. The highest BCUT2D eigenvalue weighted by atomic mass is 32.2. The van der Waals surface area contributed by atoms with Gasteiger partial charge >= 0.3 is 0 Å². The second kappa shape index (κ2) is 4.69. The quantitative estimate of drug-likeness (QED) is 0.865. The number of thiophene rings is 1. The lowest BCUT2D eigenvalue weighted by molar-refractivity contribution is 0.597. The van der Waals surface area contributed by atoms with Crippen molar-refractivity contribution >= 4 is 31.4 Å². The summed E-state index contributed by atoms with van der Waals surface area (Å²) in [7, 11) is -7.68. The molecule has 2 aromatic rings. The molecule has 9 heteroatoms. The molecule has 1 aromatic heterocycles. The molecule has 0 unspecified atom stereocenters. The summed E-state index contributed by atoms with van der Waals surface area (Å²) in [6.07, 6.45) is 0. The lowest BCUT2D eigenvalue weighted by Crippen LogP contribution is -2.13. The Hall–Kier alpha value is -1.26. The van der Waals surface area contributed by atoms with E-state index in [9.17, 15) is 16.8 Å². The Morgan fingerprint density at radius 1 is 0.842 bits per heavy atom. The van der Waals surface area contributed by atoms with E-state index in [1.807, 2.05) is 0 Å². The molecule has 6 nitrogen and oxygen atoms in total. The lowest BCUT2D eigenvalue weighted by atomic mass is 10.2. The zero-order chi connectivity index (χ0) is 14.3. The van der Waals surface area contributed by atoms with Crippen molar-refractivity contribution in [2.24, 2.45) is 10.3 Å². The van der Waals surface area contributed by atoms with Crippen LogP contribution in [0.4, 0.5) is 0 Å². The van der Waals surface area contributed by atoms with Gasteiger partial charge in [-0.1, -0.05) is 18.2 Å². The normalized spacial score (nSPS) is 12.5.